The van der Waals surface area contributed by atoms with Crippen LogP contribution in [0.5, 0.6) is 0 Å². The number of pyridine rings is 1. The number of halogens is 1. The maximum Gasteiger partial charge on any atom is 0.268 e. The molecule has 1 aliphatic rings. The zero-order chi connectivity index (χ0) is 15.2. The van der Waals surface area contributed by atoms with Crippen molar-refractivity contribution in [2.75, 3.05) is 0 Å². The standard InChI is InChI=1S/C13H14BFN2O.C2H6/c1-10-2-3-11(8-17-10)12(18)13(15)4-6-14(9-16)7-5-13;1-2/h2-3,8H,4-7H2,1H3;1-2H3. The Bertz CT molecular complexity index is 488. The molecule has 0 amide bonds. The van der Waals surface area contributed by atoms with Gasteiger partial charge in [0.05, 0.1) is 0 Å². The van der Waals surface area contributed by atoms with Gasteiger partial charge in [-0.25, -0.2) is 9.65 Å². The van der Waals surface area contributed by atoms with Crippen molar-refractivity contribution in [2.24, 2.45) is 0 Å². The highest BCUT2D eigenvalue weighted by Crippen LogP contribution is 2.35. The lowest BCUT2D eigenvalue weighted by molar-refractivity contribution is 0.0649. The monoisotopic (exact) mass is 274 g/mol. The summed E-state index contributed by atoms with van der Waals surface area (Å²) in [6.07, 6.45) is 2.61. The van der Waals surface area contributed by atoms with E-state index in [1.807, 2.05) is 20.8 Å². The predicted molar refractivity (Wildman–Crippen MR) is 78.7 cm³/mol. The molecule has 0 saturated carbocycles. The van der Waals surface area contributed by atoms with Gasteiger partial charge < -0.3 is 0 Å². The van der Waals surface area contributed by atoms with Crippen LogP contribution < -0.4 is 0 Å². The Hall–Kier alpha value is -1.70. The molecule has 1 fully saturated rings. The second kappa shape index (κ2) is 7.18. The average molecular weight is 274 g/mol. The van der Waals surface area contributed by atoms with Crippen LogP contribution in [0.3, 0.4) is 0 Å². The number of Topliss-reactive ketones (excluding diaryl/α,β-unsaturated/α-hetero) is 1. The summed E-state index contributed by atoms with van der Waals surface area (Å²) in [5.41, 5.74) is -0.698. The molecule has 0 bridgehead atoms. The van der Waals surface area contributed by atoms with Gasteiger partial charge in [-0.3, -0.25) is 9.78 Å². The van der Waals surface area contributed by atoms with Crippen LogP contribution in [0.2, 0.25) is 12.6 Å². The molecule has 3 nitrogen and oxygen atoms in total. The van der Waals surface area contributed by atoms with E-state index in [-0.39, 0.29) is 19.6 Å². The molecular weight excluding hydrogens is 254 g/mol. The van der Waals surface area contributed by atoms with Crippen molar-refractivity contribution in [3.05, 3.63) is 29.6 Å². The molecule has 1 aromatic heterocycles. The molecule has 1 aliphatic heterocycles. The molecule has 0 unspecified atom stereocenters. The minimum atomic E-state index is -1.82. The fourth-order valence-electron chi connectivity index (χ4n) is 2.29. The quantitative estimate of drug-likeness (QED) is 0.610. The highest BCUT2D eigenvalue weighted by Gasteiger charge is 2.43. The summed E-state index contributed by atoms with van der Waals surface area (Å²) in [5.74, 6) is 1.64. The average Bonchev–Trinajstić information content (AvgIpc) is 2.50. The van der Waals surface area contributed by atoms with E-state index in [2.05, 4.69) is 11.0 Å². The van der Waals surface area contributed by atoms with E-state index >= 15 is 0 Å². The first-order chi connectivity index (χ1) is 9.55. The third-order valence-corrected chi connectivity index (χ3v) is 3.54. The topological polar surface area (TPSA) is 53.8 Å². The number of hydrogen-bond donors (Lipinski definition) is 0. The van der Waals surface area contributed by atoms with Crippen LogP contribution in [0.15, 0.2) is 18.3 Å². The van der Waals surface area contributed by atoms with Crippen LogP contribution in [0.4, 0.5) is 4.39 Å². The molecular formula is C15H20BFN2O. The molecule has 0 aromatic carbocycles. The molecule has 1 aromatic rings. The van der Waals surface area contributed by atoms with Crippen LogP contribution in [-0.4, -0.2) is 23.1 Å². The van der Waals surface area contributed by atoms with Gasteiger partial charge in [0.15, 0.2) is 5.67 Å². The third-order valence-electron chi connectivity index (χ3n) is 3.54. The smallest absolute Gasteiger partial charge is 0.268 e. The fraction of sp³-hybridized carbons (Fsp3) is 0.533. The molecule has 2 heterocycles. The van der Waals surface area contributed by atoms with Crippen molar-refractivity contribution in [2.45, 2.75) is 51.9 Å². The molecule has 0 radical (unpaired) electrons. The lowest BCUT2D eigenvalue weighted by atomic mass is 9.41. The molecule has 2 rings (SSSR count). The van der Waals surface area contributed by atoms with Crippen LogP contribution >= 0.6 is 0 Å². The van der Waals surface area contributed by atoms with Gasteiger partial charge in [0.25, 0.3) is 6.71 Å². The Balaban J connectivity index is 0.000000956. The third kappa shape index (κ3) is 3.66. The fourth-order valence-corrected chi connectivity index (χ4v) is 2.29. The van der Waals surface area contributed by atoms with Gasteiger partial charge in [0.2, 0.25) is 5.78 Å². The molecule has 0 atom stereocenters. The summed E-state index contributed by atoms with van der Waals surface area (Å²) >= 11 is 0. The summed E-state index contributed by atoms with van der Waals surface area (Å²) in [6, 6.07) is 3.32. The largest absolute Gasteiger partial charge is 0.290 e. The molecule has 5 heteroatoms. The molecule has 0 spiro atoms. The number of aromatic nitrogens is 1. The number of carbonyl (C=O) groups excluding carboxylic acids is 1. The molecule has 0 aliphatic carbocycles. The normalized spacial score (nSPS) is 16.6. The highest BCUT2D eigenvalue weighted by molar-refractivity contribution is 6.67. The van der Waals surface area contributed by atoms with Gasteiger partial charge in [-0.15, -0.1) is 0 Å². The maximum absolute atomic E-state index is 14.6. The zero-order valence-electron chi connectivity index (χ0n) is 12.3. The predicted octanol–water partition coefficient (Wildman–Crippen LogP) is 3.66. The van der Waals surface area contributed by atoms with Crippen molar-refractivity contribution >= 4 is 12.5 Å². The lowest BCUT2D eigenvalue weighted by Crippen LogP contribution is -2.39. The summed E-state index contributed by atoms with van der Waals surface area (Å²) in [5, 5.41) is 8.78. The first-order valence-electron chi connectivity index (χ1n) is 7.11. The summed E-state index contributed by atoms with van der Waals surface area (Å²) in [4.78, 5) is 16.1. The first kappa shape index (κ1) is 16.4. The van der Waals surface area contributed by atoms with Crippen molar-refractivity contribution in [3.8, 4) is 5.97 Å². The minimum Gasteiger partial charge on any atom is -0.290 e. The first-order valence-corrected chi connectivity index (χ1v) is 7.11. The van der Waals surface area contributed by atoms with Crippen LogP contribution in [0.1, 0.15) is 42.7 Å². The van der Waals surface area contributed by atoms with Gasteiger partial charge >= 0.3 is 0 Å². The number of rotatable bonds is 2. The number of ketones is 1. The summed E-state index contributed by atoms with van der Waals surface area (Å²) in [7, 11) is 0. The summed E-state index contributed by atoms with van der Waals surface area (Å²) in [6.45, 7) is 5.70. The Morgan fingerprint density at radius 2 is 2.00 bits per heavy atom. The van der Waals surface area contributed by atoms with Crippen LogP contribution in [0.25, 0.3) is 0 Å². The number of nitrogens with zero attached hydrogens (tertiary/aromatic N) is 2. The summed E-state index contributed by atoms with van der Waals surface area (Å²) < 4.78 is 14.6. The van der Waals surface area contributed by atoms with E-state index in [1.54, 1.807) is 12.1 Å². The van der Waals surface area contributed by atoms with Gasteiger partial charge in [-0.05, 0) is 31.9 Å². The Morgan fingerprint density at radius 1 is 1.40 bits per heavy atom. The van der Waals surface area contributed by atoms with E-state index in [9.17, 15) is 9.18 Å². The van der Waals surface area contributed by atoms with Gasteiger partial charge in [0, 0.05) is 23.4 Å². The lowest BCUT2D eigenvalue weighted by Gasteiger charge is -2.28. The molecule has 106 valence electrons. The van der Waals surface area contributed by atoms with Crippen LogP contribution in [0, 0.1) is 18.2 Å². The number of alkyl halides is 1. The van der Waals surface area contributed by atoms with E-state index in [0.717, 1.165) is 5.69 Å². The van der Waals surface area contributed by atoms with E-state index in [0.29, 0.717) is 18.2 Å². The van der Waals surface area contributed by atoms with Crippen molar-refractivity contribution < 1.29 is 9.18 Å². The molecule has 20 heavy (non-hydrogen) atoms. The van der Waals surface area contributed by atoms with Gasteiger partial charge in [-0.2, -0.15) is 0 Å². The maximum atomic E-state index is 14.6. The second-order valence-electron chi connectivity index (χ2n) is 4.89. The number of nitriles is 1. The van der Waals surface area contributed by atoms with E-state index < -0.39 is 11.5 Å². The molecule has 1 saturated heterocycles. The van der Waals surface area contributed by atoms with Crippen molar-refractivity contribution in [1.29, 1.82) is 5.26 Å². The number of aryl methyl sites for hydroxylation is 1. The van der Waals surface area contributed by atoms with Crippen molar-refractivity contribution in [3.63, 3.8) is 0 Å². The van der Waals surface area contributed by atoms with Gasteiger partial charge in [-0.1, -0.05) is 26.5 Å². The number of carbonyl (C=O) groups is 1. The van der Waals surface area contributed by atoms with E-state index in [4.69, 9.17) is 5.26 Å². The second-order valence-corrected chi connectivity index (χ2v) is 4.89. The van der Waals surface area contributed by atoms with Crippen molar-refractivity contribution in [1.82, 2.24) is 4.98 Å². The Labute approximate surface area is 120 Å². The SMILES string of the molecule is CC.Cc1ccc(C(=O)C2(F)CCB(C#N)CC2)cn1. The zero-order valence-corrected chi connectivity index (χ0v) is 12.3. The number of hydrogen-bond acceptors (Lipinski definition) is 3. The Morgan fingerprint density at radius 3 is 2.45 bits per heavy atom. The van der Waals surface area contributed by atoms with Gasteiger partial charge in [0.1, 0.15) is 0 Å². The van der Waals surface area contributed by atoms with Crippen LogP contribution in [-0.2, 0) is 0 Å². The molecule has 0 N–H and O–H groups in total. The van der Waals surface area contributed by atoms with E-state index in [1.165, 1.54) is 6.20 Å². The Kier molecular flexibility index (Phi) is 5.88. The highest BCUT2D eigenvalue weighted by atomic mass is 19.1. The minimum absolute atomic E-state index is 0.113.